The first-order valence-electron chi connectivity index (χ1n) is 3.69. The van der Waals surface area contributed by atoms with Crippen LogP contribution in [0.4, 0.5) is 8.78 Å². The Labute approximate surface area is 80.1 Å². The number of nitrogens with zero attached hydrogens (tertiary/aromatic N) is 1. The number of hydrogen-bond donors (Lipinski definition) is 1. The van der Waals surface area contributed by atoms with Gasteiger partial charge in [0.15, 0.2) is 0 Å². The maximum absolute atomic E-state index is 12.6. The van der Waals surface area contributed by atoms with E-state index in [1.54, 1.807) is 0 Å². The Kier molecular flexibility index (Phi) is 5.24. The van der Waals surface area contributed by atoms with Crippen molar-refractivity contribution >= 4 is 17.7 Å². The second kappa shape index (κ2) is 5.39. The molecule has 3 nitrogen and oxygen atoms in total. The Balaban J connectivity index is 3.89. The lowest BCUT2D eigenvalue weighted by atomic mass is 10.3. The van der Waals surface area contributed by atoms with Crippen molar-refractivity contribution in [2.24, 2.45) is 0 Å². The van der Waals surface area contributed by atoms with Crippen LogP contribution in [0.3, 0.4) is 0 Å². The van der Waals surface area contributed by atoms with Crippen LogP contribution >= 0.6 is 11.8 Å². The zero-order chi connectivity index (χ0) is 10.5. The average Bonchev–Trinajstić information content (AvgIpc) is 1.99. The number of rotatable bonds is 6. The van der Waals surface area contributed by atoms with E-state index in [9.17, 15) is 13.6 Å². The van der Waals surface area contributed by atoms with Gasteiger partial charge in [-0.25, -0.2) is 4.79 Å². The summed E-state index contributed by atoms with van der Waals surface area (Å²) in [5, 5.41) is 8.13. The minimum absolute atomic E-state index is 0.462. The van der Waals surface area contributed by atoms with Crippen molar-refractivity contribution in [3.63, 3.8) is 0 Å². The van der Waals surface area contributed by atoms with Crippen LogP contribution in [0.2, 0.25) is 0 Å². The molecule has 0 unspecified atom stereocenters. The molecule has 0 bridgehead atoms. The number of aliphatic carboxylic acids is 1. The van der Waals surface area contributed by atoms with Crippen molar-refractivity contribution in [3.8, 4) is 0 Å². The Morgan fingerprint density at radius 3 is 2.54 bits per heavy atom. The molecule has 0 saturated heterocycles. The Morgan fingerprint density at radius 2 is 2.15 bits per heavy atom. The fraction of sp³-hybridized carbons (Fsp3) is 0.857. The number of halogens is 2. The van der Waals surface area contributed by atoms with Crippen molar-refractivity contribution in [1.82, 2.24) is 4.90 Å². The summed E-state index contributed by atoms with van der Waals surface area (Å²) >= 11 is 1.53. The highest BCUT2D eigenvalue weighted by Gasteiger charge is 2.39. The molecule has 13 heavy (non-hydrogen) atoms. The highest BCUT2D eigenvalue weighted by atomic mass is 32.2. The zero-order valence-corrected chi connectivity index (χ0v) is 8.40. The average molecular weight is 213 g/mol. The van der Waals surface area contributed by atoms with Crippen molar-refractivity contribution in [3.05, 3.63) is 0 Å². The third-order valence-corrected chi connectivity index (χ3v) is 2.05. The van der Waals surface area contributed by atoms with Gasteiger partial charge >= 0.3 is 11.9 Å². The maximum atomic E-state index is 12.6. The van der Waals surface area contributed by atoms with E-state index in [-0.39, 0.29) is 0 Å². The summed E-state index contributed by atoms with van der Waals surface area (Å²) in [6.07, 6.45) is 1.86. The quantitative estimate of drug-likeness (QED) is 0.714. The van der Waals surface area contributed by atoms with Crippen LogP contribution in [-0.2, 0) is 4.79 Å². The van der Waals surface area contributed by atoms with Gasteiger partial charge in [0.05, 0.1) is 6.54 Å². The first-order valence-corrected chi connectivity index (χ1v) is 5.08. The summed E-state index contributed by atoms with van der Waals surface area (Å²) in [5.41, 5.74) is 0. The molecule has 0 aromatic carbocycles. The van der Waals surface area contributed by atoms with Gasteiger partial charge in [-0.15, -0.1) is 0 Å². The Bertz CT molecular complexity index is 178. The lowest BCUT2D eigenvalue weighted by molar-refractivity contribution is -0.166. The van der Waals surface area contributed by atoms with E-state index >= 15 is 0 Å². The number of carboxylic acid groups (broad SMARTS) is 1. The summed E-state index contributed by atoms with van der Waals surface area (Å²) in [6, 6.07) is 0. The number of carbonyl (C=O) groups is 1. The van der Waals surface area contributed by atoms with Crippen LogP contribution in [0.25, 0.3) is 0 Å². The number of alkyl halides is 2. The van der Waals surface area contributed by atoms with E-state index in [4.69, 9.17) is 5.11 Å². The molecule has 6 heteroatoms. The summed E-state index contributed by atoms with van der Waals surface area (Å²) in [4.78, 5) is 11.4. The van der Waals surface area contributed by atoms with Crippen LogP contribution in [0, 0.1) is 0 Å². The lowest BCUT2D eigenvalue weighted by Gasteiger charge is -2.20. The molecule has 78 valence electrons. The molecule has 0 fully saturated rings. The Hall–Kier alpha value is -0.360. The molecule has 0 amide bonds. The van der Waals surface area contributed by atoms with E-state index in [0.29, 0.717) is 12.3 Å². The molecule has 0 spiro atoms. The third kappa shape index (κ3) is 5.05. The van der Waals surface area contributed by atoms with Crippen LogP contribution in [0.15, 0.2) is 0 Å². The molecular weight excluding hydrogens is 200 g/mol. The molecule has 0 heterocycles. The minimum Gasteiger partial charge on any atom is -0.477 e. The molecule has 0 rings (SSSR count). The van der Waals surface area contributed by atoms with E-state index in [1.165, 1.54) is 23.7 Å². The van der Waals surface area contributed by atoms with E-state index < -0.39 is 18.4 Å². The van der Waals surface area contributed by atoms with Gasteiger partial charge in [0.25, 0.3) is 0 Å². The van der Waals surface area contributed by atoms with Crippen molar-refractivity contribution in [1.29, 1.82) is 0 Å². The second-order valence-electron chi connectivity index (χ2n) is 2.74. The zero-order valence-electron chi connectivity index (χ0n) is 7.59. The van der Waals surface area contributed by atoms with Gasteiger partial charge in [-0.3, -0.25) is 4.90 Å². The van der Waals surface area contributed by atoms with E-state index in [1.807, 2.05) is 6.26 Å². The van der Waals surface area contributed by atoms with Gasteiger partial charge in [-0.05, 0) is 13.3 Å². The summed E-state index contributed by atoms with van der Waals surface area (Å²) in [7, 11) is 1.48. The van der Waals surface area contributed by atoms with Crippen LogP contribution in [0.1, 0.15) is 0 Å². The largest absolute Gasteiger partial charge is 0.477 e. The fourth-order valence-electron chi connectivity index (χ4n) is 0.733. The number of thioether (sulfide) groups is 1. The normalized spacial score (nSPS) is 12.1. The van der Waals surface area contributed by atoms with E-state index in [2.05, 4.69) is 0 Å². The van der Waals surface area contributed by atoms with Crippen molar-refractivity contribution in [2.75, 3.05) is 32.1 Å². The molecule has 0 saturated carbocycles. The smallest absolute Gasteiger partial charge is 0.375 e. The predicted molar refractivity (Wildman–Crippen MR) is 48.5 cm³/mol. The molecular formula is C7H13F2NO2S. The van der Waals surface area contributed by atoms with E-state index in [0.717, 1.165) is 0 Å². The maximum Gasteiger partial charge on any atom is 0.375 e. The van der Waals surface area contributed by atoms with Gasteiger partial charge in [-0.1, -0.05) is 0 Å². The van der Waals surface area contributed by atoms with Gasteiger partial charge in [0.2, 0.25) is 0 Å². The molecule has 1 N–H and O–H groups in total. The van der Waals surface area contributed by atoms with Gasteiger partial charge in [0.1, 0.15) is 0 Å². The lowest BCUT2D eigenvalue weighted by Crippen LogP contribution is -2.41. The first-order chi connectivity index (χ1) is 5.90. The summed E-state index contributed by atoms with van der Waals surface area (Å²) in [5.74, 6) is -5.00. The number of carboxylic acids is 1. The molecule has 0 aromatic rings. The summed E-state index contributed by atoms with van der Waals surface area (Å²) in [6.45, 7) is -0.271. The predicted octanol–water partition coefficient (Wildman–Crippen LogP) is 1.00. The molecule has 0 aromatic heterocycles. The minimum atomic E-state index is -3.65. The van der Waals surface area contributed by atoms with Crippen molar-refractivity contribution < 1.29 is 18.7 Å². The second-order valence-corrected chi connectivity index (χ2v) is 3.73. The fourth-order valence-corrected chi connectivity index (χ4v) is 1.23. The SMILES string of the molecule is CSCCN(C)CC(F)(F)C(=O)O. The monoisotopic (exact) mass is 213 g/mol. The molecule has 0 aliphatic heterocycles. The van der Waals surface area contributed by atoms with Crippen LogP contribution in [0.5, 0.6) is 0 Å². The molecule has 0 atom stereocenters. The molecule has 0 radical (unpaired) electrons. The van der Waals surface area contributed by atoms with Gasteiger partial charge in [-0.2, -0.15) is 20.5 Å². The Morgan fingerprint density at radius 1 is 1.62 bits per heavy atom. The highest BCUT2D eigenvalue weighted by molar-refractivity contribution is 7.98. The number of hydrogen-bond acceptors (Lipinski definition) is 3. The van der Waals surface area contributed by atoms with Crippen LogP contribution in [-0.4, -0.2) is 54.0 Å². The van der Waals surface area contributed by atoms with Crippen molar-refractivity contribution in [2.45, 2.75) is 5.92 Å². The topological polar surface area (TPSA) is 40.5 Å². The standard InChI is InChI=1S/C7H13F2NO2S/c1-10(3-4-13-2)5-7(8,9)6(11)12/h3-5H2,1-2H3,(H,11,12). The molecule has 0 aliphatic rings. The first kappa shape index (κ1) is 12.6. The van der Waals surface area contributed by atoms with Gasteiger partial charge in [0, 0.05) is 12.3 Å². The highest BCUT2D eigenvalue weighted by Crippen LogP contribution is 2.14. The third-order valence-electron chi connectivity index (χ3n) is 1.46. The molecule has 0 aliphatic carbocycles. The summed E-state index contributed by atoms with van der Waals surface area (Å²) < 4.78 is 25.2. The van der Waals surface area contributed by atoms with Crippen LogP contribution < -0.4 is 0 Å². The van der Waals surface area contributed by atoms with Gasteiger partial charge < -0.3 is 5.11 Å².